The molecule has 1 aliphatic rings. The van der Waals surface area contributed by atoms with Gasteiger partial charge < -0.3 is 14.9 Å². The molecule has 0 spiro atoms. The van der Waals surface area contributed by atoms with Crippen molar-refractivity contribution in [2.24, 2.45) is 0 Å². The Morgan fingerprint density at radius 1 is 1.39 bits per heavy atom. The molecule has 1 aromatic heterocycles. The van der Waals surface area contributed by atoms with Crippen LogP contribution in [-0.2, 0) is 0 Å². The number of likely N-dealkylation sites (N-methyl/N-ethyl adjacent to an activating group) is 1. The molecule has 0 atom stereocenters. The van der Waals surface area contributed by atoms with Crippen molar-refractivity contribution in [1.82, 2.24) is 9.80 Å². The zero-order valence-corrected chi connectivity index (χ0v) is 11.2. The lowest BCUT2D eigenvalue weighted by molar-refractivity contribution is 0.0669. The number of aliphatic hydroxyl groups is 1. The van der Waals surface area contributed by atoms with E-state index in [2.05, 4.69) is 23.8 Å². The van der Waals surface area contributed by atoms with Gasteiger partial charge in [0.15, 0.2) is 0 Å². The van der Waals surface area contributed by atoms with Gasteiger partial charge in [0.2, 0.25) is 0 Å². The molecule has 2 heterocycles. The summed E-state index contributed by atoms with van der Waals surface area (Å²) in [5, 5.41) is 8.62. The maximum Gasteiger partial charge on any atom is 0.264 e. The Labute approximate surface area is 111 Å². The van der Waals surface area contributed by atoms with Gasteiger partial charge in [0.1, 0.15) is 6.61 Å². The second-order valence-electron chi connectivity index (χ2n) is 4.22. The minimum atomic E-state index is -0.153. The highest BCUT2D eigenvalue weighted by Gasteiger charge is 2.21. The Kier molecular flexibility index (Phi) is 4.37. The third kappa shape index (κ3) is 3.10. The molecule has 96 valence electrons. The summed E-state index contributed by atoms with van der Waals surface area (Å²) < 4.78 is 0. The molecule has 0 aliphatic carbocycles. The van der Waals surface area contributed by atoms with Gasteiger partial charge in [-0.25, -0.2) is 0 Å². The number of thiophene rings is 1. The van der Waals surface area contributed by atoms with E-state index in [4.69, 9.17) is 5.11 Å². The number of hydrogen-bond acceptors (Lipinski definition) is 4. The highest BCUT2D eigenvalue weighted by Crippen LogP contribution is 2.18. The Balaban J connectivity index is 2.02. The molecule has 1 fully saturated rings. The van der Waals surface area contributed by atoms with Gasteiger partial charge in [-0.05, 0) is 19.2 Å². The van der Waals surface area contributed by atoms with Crippen LogP contribution in [-0.4, -0.2) is 60.6 Å². The summed E-state index contributed by atoms with van der Waals surface area (Å²) in [7, 11) is 2.07. The molecule has 5 heteroatoms. The molecule has 4 nitrogen and oxygen atoms in total. The van der Waals surface area contributed by atoms with Gasteiger partial charge in [0.05, 0.1) is 9.75 Å². The molecule has 0 saturated carbocycles. The first-order chi connectivity index (χ1) is 8.70. The second kappa shape index (κ2) is 6.01. The van der Waals surface area contributed by atoms with Gasteiger partial charge in [-0.1, -0.05) is 11.8 Å². The normalized spacial score (nSPS) is 16.2. The third-order valence-corrected chi connectivity index (χ3v) is 3.89. The summed E-state index contributed by atoms with van der Waals surface area (Å²) in [6, 6.07) is 3.64. The highest BCUT2D eigenvalue weighted by molar-refractivity contribution is 7.14. The van der Waals surface area contributed by atoms with Crippen molar-refractivity contribution in [3.05, 3.63) is 21.9 Å². The van der Waals surface area contributed by atoms with Gasteiger partial charge in [-0.2, -0.15) is 0 Å². The van der Waals surface area contributed by atoms with Gasteiger partial charge in [-0.3, -0.25) is 4.79 Å². The fourth-order valence-corrected chi connectivity index (χ4v) is 2.66. The topological polar surface area (TPSA) is 43.8 Å². The van der Waals surface area contributed by atoms with Crippen molar-refractivity contribution in [3.8, 4) is 11.8 Å². The van der Waals surface area contributed by atoms with Crippen LogP contribution >= 0.6 is 11.3 Å². The second-order valence-corrected chi connectivity index (χ2v) is 5.30. The van der Waals surface area contributed by atoms with Crippen LogP contribution in [0.4, 0.5) is 0 Å². The van der Waals surface area contributed by atoms with Crippen LogP contribution in [0, 0.1) is 11.8 Å². The van der Waals surface area contributed by atoms with Crippen molar-refractivity contribution < 1.29 is 9.90 Å². The number of hydrogen-bond donors (Lipinski definition) is 1. The fraction of sp³-hybridized carbons (Fsp3) is 0.462. The summed E-state index contributed by atoms with van der Waals surface area (Å²) in [5.41, 5.74) is 0. The van der Waals surface area contributed by atoms with Crippen LogP contribution in [0.5, 0.6) is 0 Å². The van der Waals surface area contributed by atoms with Gasteiger partial charge >= 0.3 is 0 Å². The summed E-state index contributed by atoms with van der Waals surface area (Å²) in [6.45, 7) is 3.26. The van der Waals surface area contributed by atoms with E-state index in [1.165, 1.54) is 11.3 Å². The van der Waals surface area contributed by atoms with Crippen LogP contribution in [0.15, 0.2) is 12.1 Å². The van der Waals surface area contributed by atoms with Crippen LogP contribution in [0.25, 0.3) is 0 Å². The van der Waals surface area contributed by atoms with Crippen molar-refractivity contribution in [2.75, 3.05) is 39.8 Å². The van der Waals surface area contributed by atoms with Crippen molar-refractivity contribution in [2.45, 2.75) is 0 Å². The average molecular weight is 264 g/mol. The van der Waals surface area contributed by atoms with Gasteiger partial charge in [0.25, 0.3) is 5.91 Å². The van der Waals surface area contributed by atoms with E-state index in [-0.39, 0.29) is 12.5 Å². The smallest absolute Gasteiger partial charge is 0.264 e. The van der Waals surface area contributed by atoms with Crippen molar-refractivity contribution >= 4 is 17.2 Å². The molecule has 0 bridgehead atoms. The van der Waals surface area contributed by atoms with E-state index in [0.29, 0.717) is 0 Å². The predicted molar refractivity (Wildman–Crippen MR) is 71.7 cm³/mol. The van der Waals surface area contributed by atoms with Crippen LogP contribution in [0.3, 0.4) is 0 Å². The molecule has 1 saturated heterocycles. The first-order valence-electron chi connectivity index (χ1n) is 5.88. The maximum absolute atomic E-state index is 12.2. The summed E-state index contributed by atoms with van der Waals surface area (Å²) in [5.74, 6) is 5.49. The van der Waals surface area contributed by atoms with E-state index in [0.717, 1.165) is 35.9 Å². The van der Waals surface area contributed by atoms with Gasteiger partial charge in [-0.15, -0.1) is 11.3 Å². The highest BCUT2D eigenvalue weighted by atomic mass is 32.1. The largest absolute Gasteiger partial charge is 0.384 e. The number of aliphatic hydroxyl groups excluding tert-OH is 1. The van der Waals surface area contributed by atoms with Crippen molar-refractivity contribution in [3.63, 3.8) is 0 Å². The minimum Gasteiger partial charge on any atom is -0.384 e. The van der Waals surface area contributed by atoms with E-state index >= 15 is 0 Å². The molecular formula is C13H16N2O2S. The quantitative estimate of drug-likeness (QED) is 0.750. The third-order valence-electron chi connectivity index (χ3n) is 2.90. The Morgan fingerprint density at radius 2 is 2.11 bits per heavy atom. The Hall–Kier alpha value is -1.35. The molecular weight excluding hydrogens is 248 g/mol. The lowest BCUT2D eigenvalue weighted by Gasteiger charge is -2.32. The van der Waals surface area contributed by atoms with Crippen LogP contribution in [0.1, 0.15) is 14.5 Å². The van der Waals surface area contributed by atoms with E-state index in [1.807, 2.05) is 17.0 Å². The maximum atomic E-state index is 12.2. The minimum absolute atomic E-state index is 0.0881. The summed E-state index contributed by atoms with van der Waals surface area (Å²) in [4.78, 5) is 17.9. The molecule has 1 amide bonds. The summed E-state index contributed by atoms with van der Waals surface area (Å²) in [6.07, 6.45) is 0. The molecule has 2 rings (SSSR count). The predicted octanol–water partition coefficient (Wildman–Crippen LogP) is 0.480. The average Bonchev–Trinajstić information content (AvgIpc) is 2.85. The number of nitrogens with zero attached hydrogens (tertiary/aromatic N) is 2. The molecule has 0 radical (unpaired) electrons. The molecule has 0 unspecified atom stereocenters. The summed E-state index contributed by atoms with van der Waals surface area (Å²) >= 11 is 1.39. The van der Waals surface area contributed by atoms with E-state index < -0.39 is 0 Å². The number of carbonyl (C=O) groups is 1. The fourth-order valence-electron chi connectivity index (χ4n) is 1.81. The zero-order valence-electron chi connectivity index (χ0n) is 10.3. The Bertz CT molecular complexity index is 479. The first-order valence-corrected chi connectivity index (χ1v) is 6.70. The van der Waals surface area contributed by atoms with Crippen LogP contribution < -0.4 is 0 Å². The first kappa shape index (κ1) is 13.1. The number of rotatable bonds is 1. The molecule has 0 aromatic carbocycles. The SMILES string of the molecule is CN1CCN(C(=O)c2ccc(C#CCO)s2)CC1. The van der Waals surface area contributed by atoms with Crippen molar-refractivity contribution in [1.29, 1.82) is 0 Å². The molecule has 1 aromatic rings. The van der Waals surface area contributed by atoms with E-state index in [1.54, 1.807) is 0 Å². The lowest BCUT2D eigenvalue weighted by atomic mass is 10.3. The van der Waals surface area contributed by atoms with Crippen LogP contribution in [0.2, 0.25) is 0 Å². The standard InChI is InChI=1S/C13H16N2O2S/c1-14-6-8-15(9-7-14)13(17)12-5-4-11(18-12)3-2-10-16/h4-5,16H,6-10H2,1H3. The lowest BCUT2D eigenvalue weighted by Crippen LogP contribution is -2.46. The number of amides is 1. The zero-order chi connectivity index (χ0) is 13.0. The molecule has 1 aliphatic heterocycles. The molecule has 18 heavy (non-hydrogen) atoms. The Morgan fingerprint density at radius 3 is 2.78 bits per heavy atom. The van der Waals surface area contributed by atoms with E-state index in [9.17, 15) is 4.79 Å². The monoisotopic (exact) mass is 264 g/mol. The number of piperazine rings is 1. The van der Waals surface area contributed by atoms with Gasteiger partial charge in [0, 0.05) is 26.2 Å². The number of carbonyl (C=O) groups excluding carboxylic acids is 1. The molecule has 1 N–H and O–H groups in total.